The van der Waals surface area contributed by atoms with Crippen molar-refractivity contribution in [2.45, 2.75) is 13.5 Å². The van der Waals surface area contributed by atoms with E-state index < -0.39 is 0 Å². The molecule has 3 heteroatoms. The molecule has 0 saturated carbocycles. The molecule has 3 nitrogen and oxygen atoms in total. The predicted molar refractivity (Wildman–Crippen MR) is 71.6 cm³/mol. The van der Waals surface area contributed by atoms with Crippen LogP contribution in [0.3, 0.4) is 0 Å². The Bertz CT molecular complexity index is 370. The standard InChI is InChI=1S/C14H22N2O/c1-12-4-5-14(15(2)3)13(10-12)11-16-6-8-17-9-7-16/h4-5,10H,6-9,11H2,1-3H3. The summed E-state index contributed by atoms with van der Waals surface area (Å²) in [6, 6.07) is 6.69. The second kappa shape index (κ2) is 5.52. The van der Waals surface area contributed by atoms with Crippen LogP contribution in [-0.2, 0) is 11.3 Å². The summed E-state index contributed by atoms with van der Waals surface area (Å²) >= 11 is 0. The van der Waals surface area contributed by atoms with Crippen LogP contribution in [0.4, 0.5) is 5.69 Å². The molecule has 0 bridgehead atoms. The van der Waals surface area contributed by atoms with E-state index in [1.54, 1.807) is 0 Å². The molecule has 0 spiro atoms. The van der Waals surface area contributed by atoms with E-state index >= 15 is 0 Å². The van der Waals surface area contributed by atoms with Crippen molar-refractivity contribution in [2.75, 3.05) is 45.3 Å². The van der Waals surface area contributed by atoms with Crippen LogP contribution in [0.5, 0.6) is 0 Å². The molecule has 0 aliphatic carbocycles. The zero-order valence-electron chi connectivity index (χ0n) is 11.1. The molecule has 0 aromatic heterocycles. The molecule has 94 valence electrons. The van der Waals surface area contributed by atoms with Gasteiger partial charge in [0.25, 0.3) is 0 Å². The van der Waals surface area contributed by atoms with E-state index in [4.69, 9.17) is 4.74 Å². The first-order chi connectivity index (χ1) is 8.16. The summed E-state index contributed by atoms with van der Waals surface area (Å²) in [5, 5.41) is 0. The molecule has 1 heterocycles. The Morgan fingerprint density at radius 3 is 2.59 bits per heavy atom. The van der Waals surface area contributed by atoms with Crippen LogP contribution in [0.2, 0.25) is 0 Å². The van der Waals surface area contributed by atoms with Gasteiger partial charge in [0, 0.05) is 39.4 Å². The van der Waals surface area contributed by atoms with Gasteiger partial charge in [-0.3, -0.25) is 4.90 Å². The fourth-order valence-electron chi connectivity index (χ4n) is 2.28. The molecule has 0 N–H and O–H groups in total. The minimum absolute atomic E-state index is 0.864. The van der Waals surface area contributed by atoms with Crippen LogP contribution in [0, 0.1) is 6.92 Å². The zero-order chi connectivity index (χ0) is 12.3. The maximum absolute atomic E-state index is 5.39. The van der Waals surface area contributed by atoms with Crippen LogP contribution >= 0.6 is 0 Å². The van der Waals surface area contributed by atoms with Crippen molar-refractivity contribution in [1.82, 2.24) is 4.90 Å². The molecule has 1 saturated heterocycles. The van der Waals surface area contributed by atoms with Gasteiger partial charge in [0.05, 0.1) is 13.2 Å². The fourth-order valence-corrected chi connectivity index (χ4v) is 2.28. The van der Waals surface area contributed by atoms with Gasteiger partial charge in [-0.15, -0.1) is 0 Å². The number of nitrogens with zero attached hydrogens (tertiary/aromatic N) is 2. The highest BCUT2D eigenvalue weighted by Gasteiger charge is 2.13. The highest BCUT2D eigenvalue weighted by Crippen LogP contribution is 2.22. The Morgan fingerprint density at radius 1 is 1.24 bits per heavy atom. The number of hydrogen-bond donors (Lipinski definition) is 0. The van der Waals surface area contributed by atoms with Crippen molar-refractivity contribution < 1.29 is 4.74 Å². The van der Waals surface area contributed by atoms with Crippen LogP contribution in [0.15, 0.2) is 18.2 Å². The smallest absolute Gasteiger partial charge is 0.0594 e. The van der Waals surface area contributed by atoms with Crippen LogP contribution in [-0.4, -0.2) is 45.3 Å². The largest absolute Gasteiger partial charge is 0.379 e. The first-order valence-electron chi connectivity index (χ1n) is 6.24. The Labute approximate surface area is 104 Å². The number of anilines is 1. The molecule has 0 atom stereocenters. The molecule has 1 aliphatic rings. The van der Waals surface area contributed by atoms with Gasteiger partial charge >= 0.3 is 0 Å². The molecule has 0 unspecified atom stereocenters. The number of morpholine rings is 1. The predicted octanol–water partition coefficient (Wildman–Crippen LogP) is 1.89. The second-order valence-corrected chi connectivity index (χ2v) is 4.92. The minimum atomic E-state index is 0.864. The molecular weight excluding hydrogens is 212 g/mol. The maximum atomic E-state index is 5.39. The molecule has 0 radical (unpaired) electrons. The number of aryl methyl sites for hydroxylation is 1. The summed E-state index contributed by atoms with van der Waals surface area (Å²) in [4.78, 5) is 4.65. The van der Waals surface area contributed by atoms with Gasteiger partial charge in [-0.05, 0) is 18.6 Å². The lowest BCUT2D eigenvalue weighted by molar-refractivity contribution is 0.0342. The lowest BCUT2D eigenvalue weighted by Crippen LogP contribution is -2.36. The zero-order valence-corrected chi connectivity index (χ0v) is 11.1. The highest BCUT2D eigenvalue weighted by atomic mass is 16.5. The van der Waals surface area contributed by atoms with E-state index in [0.29, 0.717) is 0 Å². The van der Waals surface area contributed by atoms with E-state index in [0.717, 1.165) is 32.8 Å². The van der Waals surface area contributed by atoms with Crippen molar-refractivity contribution in [3.63, 3.8) is 0 Å². The van der Waals surface area contributed by atoms with Crippen molar-refractivity contribution in [1.29, 1.82) is 0 Å². The molecule has 1 aromatic carbocycles. The summed E-state index contributed by atoms with van der Waals surface area (Å²) in [5.74, 6) is 0. The average Bonchev–Trinajstić information content (AvgIpc) is 2.30. The molecule has 2 rings (SSSR count). The second-order valence-electron chi connectivity index (χ2n) is 4.92. The minimum Gasteiger partial charge on any atom is -0.379 e. The Hall–Kier alpha value is -1.06. The van der Waals surface area contributed by atoms with E-state index in [-0.39, 0.29) is 0 Å². The van der Waals surface area contributed by atoms with Crippen molar-refractivity contribution in [3.8, 4) is 0 Å². The fraction of sp³-hybridized carbons (Fsp3) is 0.571. The van der Waals surface area contributed by atoms with Gasteiger partial charge < -0.3 is 9.64 Å². The van der Waals surface area contributed by atoms with Gasteiger partial charge in [0.15, 0.2) is 0 Å². The number of hydrogen-bond acceptors (Lipinski definition) is 3. The summed E-state index contributed by atoms with van der Waals surface area (Å²) in [5.41, 5.74) is 4.07. The van der Waals surface area contributed by atoms with E-state index in [1.807, 2.05) is 0 Å². The number of ether oxygens (including phenoxy) is 1. The third-order valence-electron chi connectivity index (χ3n) is 3.21. The summed E-state index contributed by atoms with van der Waals surface area (Å²) in [6.45, 7) is 6.99. The monoisotopic (exact) mass is 234 g/mol. The first-order valence-corrected chi connectivity index (χ1v) is 6.24. The van der Waals surface area contributed by atoms with Crippen molar-refractivity contribution >= 4 is 5.69 Å². The molecule has 0 amide bonds. The normalized spacial score (nSPS) is 17.1. The Morgan fingerprint density at radius 2 is 1.94 bits per heavy atom. The molecule has 17 heavy (non-hydrogen) atoms. The lowest BCUT2D eigenvalue weighted by Gasteiger charge is -2.28. The third-order valence-corrected chi connectivity index (χ3v) is 3.21. The maximum Gasteiger partial charge on any atom is 0.0594 e. The summed E-state index contributed by atoms with van der Waals surface area (Å²) < 4.78 is 5.39. The van der Waals surface area contributed by atoms with Crippen LogP contribution < -0.4 is 4.90 Å². The van der Waals surface area contributed by atoms with Gasteiger partial charge in [0.1, 0.15) is 0 Å². The van der Waals surface area contributed by atoms with Gasteiger partial charge in [0.2, 0.25) is 0 Å². The Balaban J connectivity index is 2.14. The molecule has 1 aromatic rings. The van der Waals surface area contributed by atoms with E-state index in [1.165, 1.54) is 16.8 Å². The topological polar surface area (TPSA) is 15.7 Å². The molecular formula is C14H22N2O. The van der Waals surface area contributed by atoms with E-state index in [9.17, 15) is 0 Å². The van der Waals surface area contributed by atoms with Crippen molar-refractivity contribution in [2.24, 2.45) is 0 Å². The molecule has 1 aliphatic heterocycles. The van der Waals surface area contributed by atoms with Gasteiger partial charge in [-0.25, -0.2) is 0 Å². The molecule has 1 fully saturated rings. The average molecular weight is 234 g/mol. The summed E-state index contributed by atoms with van der Waals surface area (Å²) in [6.07, 6.45) is 0. The van der Waals surface area contributed by atoms with Gasteiger partial charge in [-0.2, -0.15) is 0 Å². The SMILES string of the molecule is Cc1ccc(N(C)C)c(CN2CCOCC2)c1. The quantitative estimate of drug-likeness (QED) is 0.794. The van der Waals surface area contributed by atoms with Gasteiger partial charge in [-0.1, -0.05) is 17.7 Å². The Kier molecular flexibility index (Phi) is 4.02. The van der Waals surface area contributed by atoms with Crippen LogP contribution in [0.1, 0.15) is 11.1 Å². The van der Waals surface area contributed by atoms with E-state index in [2.05, 4.69) is 49.0 Å². The first kappa shape index (κ1) is 12.4. The number of benzene rings is 1. The van der Waals surface area contributed by atoms with Crippen molar-refractivity contribution in [3.05, 3.63) is 29.3 Å². The highest BCUT2D eigenvalue weighted by molar-refractivity contribution is 5.53. The number of rotatable bonds is 3. The third kappa shape index (κ3) is 3.20. The summed E-state index contributed by atoms with van der Waals surface area (Å²) in [7, 11) is 4.21. The lowest BCUT2D eigenvalue weighted by atomic mass is 10.1. The van der Waals surface area contributed by atoms with Crippen LogP contribution in [0.25, 0.3) is 0 Å².